The lowest BCUT2D eigenvalue weighted by atomic mass is 9.92. The van der Waals surface area contributed by atoms with Crippen molar-refractivity contribution in [3.05, 3.63) is 29.6 Å². The number of hydrogen-bond donors (Lipinski definition) is 1. The zero-order valence-corrected chi connectivity index (χ0v) is 13.1. The first-order valence-corrected chi connectivity index (χ1v) is 7.46. The summed E-state index contributed by atoms with van der Waals surface area (Å²) in [7, 11) is 1.86. The van der Waals surface area contributed by atoms with E-state index in [-0.39, 0.29) is 0 Å². The van der Waals surface area contributed by atoms with E-state index in [4.69, 9.17) is 0 Å². The maximum Gasteiger partial charge on any atom is 0.193 e. The smallest absolute Gasteiger partial charge is 0.193 e. The lowest BCUT2D eigenvalue weighted by Gasteiger charge is -2.37. The van der Waals surface area contributed by atoms with Gasteiger partial charge < -0.3 is 10.2 Å². The van der Waals surface area contributed by atoms with Gasteiger partial charge in [0.2, 0.25) is 0 Å². The molecule has 1 fully saturated rings. The third kappa shape index (κ3) is 3.71. The normalized spacial score (nSPS) is 23.8. The molecule has 2 unspecified atom stereocenters. The molecule has 1 aliphatic heterocycles. The number of piperidine rings is 1. The highest BCUT2D eigenvalue weighted by Gasteiger charge is 2.23. The van der Waals surface area contributed by atoms with Gasteiger partial charge in [0.1, 0.15) is 0 Å². The Labute approximate surface area is 122 Å². The Hall–Kier alpha value is -1.58. The van der Waals surface area contributed by atoms with Crippen LogP contribution in [0.4, 0.5) is 0 Å². The molecule has 1 aromatic heterocycles. The van der Waals surface area contributed by atoms with Crippen molar-refractivity contribution in [2.45, 2.75) is 33.7 Å². The minimum Gasteiger partial charge on any atom is -0.351 e. The Kier molecular flexibility index (Phi) is 4.99. The largest absolute Gasteiger partial charge is 0.351 e. The lowest BCUT2D eigenvalue weighted by Crippen LogP contribution is -2.48. The average molecular weight is 274 g/mol. The standard InChI is InChI=1S/C16H26N4/c1-12-8-13(2)11-20(10-12)16(17-4)19-9-15-14(3)6-5-7-18-15/h5-7,12-13H,8-11H2,1-4H3,(H,17,19). The van der Waals surface area contributed by atoms with E-state index in [1.807, 2.05) is 19.3 Å². The van der Waals surface area contributed by atoms with Crippen LogP contribution in [0.2, 0.25) is 0 Å². The Morgan fingerprint density at radius 3 is 2.70 bits per heavy atom. The monoisotopic (exact) mass is 274 g/mol. The summed E-state index contributed by atoms with van der Waals surface area (Å²) in [4.78, 5) is 11.2. The van der Waals surface area contributed by atoms with E-state index in [0.29, 0.717) is 0 Å². The SMILES string of the molecule is CN=C(NCc1ncccc1C)N1CC(C)CC(C)C1. The van der Waals surface area contributed by atoms with Gasteiger partial charge in [0.15, 0.2) is 5.96 Å². The summed E-state index contributed by atoms with van der Waals surface area (Å²) < 4.78 is 0. The van der Waals surface area contributed by atoms with Crippen molar-refractivity contribution >= 4 is 5.96 Å². The molecule has 1 N–H and O–H groups in total. The molecular weight excluding hydrogens is 248 g/mol. The molecule has 0 saturated carbocycles. The summed E-state index contributed by atoms with van der Waals surface area (Å²) in [6.45, 7) is 9.64. The van der Waals surface area contributed by atoms with Crippen LogP contribution in [0.15, 0.2) is 23.3 Å². The van der Waals surface area contributed by atoms with Gasteiger partial charge >= 0.3 is 0 Å². The summed E-state index contributed by atoms with van der Waals surface area (Å²) in [5, 5.41) is 3.45. The summed E-state index contributed by atoms with van der Waals surface area (Å²) in [5.41, 5.74) is 2.31. The summed E-state index contributed by atoms with van der Waals surface area (Å²) >= 11 is 0. The summed E-state index contributed by atoms with van der Waals surface area (Å²) in [5.74, 6) is 2.45. The van der Waals surface area contributed by atoms with Gasteiger partial charge in [-0.25, -0.2) is 0 Å². The maximum absolute atomic E-state index is 4.43. The van der Waals surface area contributed by atoms with Crippen LogP contribution < -0.4 is 5.32 Å². The number of rotatable bonds is 2. The molecule has 2 rings (SSSR count). The second kappa shape index (κ2) is 6.73. The van der Waals surface area contributed by atoms with Crippen molar-refractivity contribution in [1.82, 2.24) is 15.2 Å². The molecular formula is C16H26N4. The molecule has 2 atom stereocenters. The fraction of sp³-hybridized carbons (Fsp3) is 0.625. The van der Waals surface area contributed by atoms with E-state index >= 15 is 0 Å². The molecule has 0 amide bonds. The van der Waals surface area contributed by atoms with Crippen LogP contribution in [0.1, 0.15) is 31.5 Å². The van der Waals surface area contributed by atoms with Gasteiger partial charge in [-0.3, -0.25) is 9.98 Å². The molecule has 1 saturated heterocycles. The Morgan fingerprint density at radius 1 is 1.40 bits per heavy atom. The minimum atomic E-state index is 0.730. The lowest BCUT2D eigenvalue weighted by molar-refractivity contribution is 0.208. The third-order valence-corrected chi connectivity index (χ3v) is 3.91. The molecule has 0 aromatic carbocycles. The Morgan fingerprint density at radius 2 is 2.10 bits per heavy atom. The van der Waals surface area contributed by atoms with E-state index in [9.17, 15) is 0 Å². The molecule has 20 heavy (non-hydrogen) atoms. The molecule has 0 aliphatic carbocycles. The fourth-order valence-electron chi connectivity index (χ4n) is 3.03. The van der Waals surface area contributed by atoms with Crippen LogP contribution in [0.25, 0.3) is 0 Å². The van der Waals surface area contributed by atoms with Gasteiger partial charge in [-0.1, -0.05) is 19.9 Å². The number of aliphatic imine (C=N–C) groups is 1. The van der Waals surface area contributed by atoms with Gasteiger partial charge in [0.05, 0.1) is 12.2 Å². The summed E-state index contributed by atoms with van der Waals surface area (Å²) in [6, 6.07) is 4.07. The number of nitrogens with zero attached hydrogens (tertiary/aromatic N) is 3. The van der Waals surface area contributed by atoms with E-state index in [1.165, 1.54) is 12.0 Å². The number of aryl methyl sites for hydroxylation is 1. The van der Waals surface area contributed by atoms with Crippen LogP contribution in [0.3, 0.4) is 0 Å². The zero-order chi connectivity index (χ0) is 14.5. The third-order valence-electron chi connectivity index (χ3n) is 3.91. The van der Waals surface area contributed by atoms with Gasteiger partial charge in [0.25, 0.3) is 0 Å². The molecule has 0 radical (unpaired) electrons. The number of likely N-dealkylation sites (tertiary alicyclic amines) is 1. The highest BCUT2D eigenvalue weighted by Crippen LogP contribution is 2.20. The van der Waals surface area contributed by atoms with Crippen molar-refractivity contribution in [3.63, 3.8) is 0 Å². The number of guanidine groups is 1. The van der Waals surface area contributed by atoms with Crippen molar-refractivity contribution in [2.75, 3.05) is 20.1 Å². The topological polar surface area (TPSA) is 40.5 Å². The molecule has 4 nitrogen and oxygen atoms in total. The van der Waals surface area contributed by atoms with Crippen molar-refractivity contribution < 1.29 is 0 Å². The van der Waals surface area contributed by atoms with Crippen molar-refractivity contribution in [1.29, 1.82) is 0 Å². The first-order chi connectivity index (χ1) is 9.60. The maximum atomic E-state index is 4.43. The van der Waals surface area contributed by atoms with Crippen molar-refractivity contribution in [2.24, 2.45) is 16.8 Å². The van der Waals surface area contributed by atoms with E-state index in [0.717, 1.165) is 43.1 Å². The van der Waals surface area contributed by atoms with Crippen LogP contribution in [-0.4, -0.2) is 36.0 Å². The molecule has 110 valence electrons. The molecule has 1 aromatic rings. The average Bonchev–Trinajstić information content (AvgIpc) is 2.40. The first-order valence-electron chi connectivity index (χ1n) is 7.46. The van der Waals surface area contributed by atoms with Crippen LogP contribution in [0, 0.1) is 18.8 Å². The van der Waals surface area contributed by atoms with Crippen molar-refractivity contribution in [3.8, 4) is 0 Å². The minimum absolute atomic E-state index is 0.730. The van der Waals surface area contributed by atoms with Gasteiger partial charge in [0, 0.05) is 26.3 Å². The van der Waals surface area contributed by atoms with Gasteiger partial charge in [-0.05, 0) is 36.8 Å². The summed E-state index contributed by atoms with van der Waals surface area (Å²) in [6.07, 6.45) is 3.16. The Balaban J connectivity index is 1.98. The first kappa shape index (κ1) is 14.8. The number of hydrogen-bond acceptors (Lipinski definition) is 2. The number of aromatic nitrogens is 1. The Bertz CT molecular complexity index is 459. The quantitative estimate of drug-likeness (QED) is 0.665. The van der Waals surface area contributed by atoms with Crippen LogP contribution in [0.5, 0.6) is 0 Å². The highest BCUT2D eigenvalue weighted by atomic mass is 15.3. The molecule has 0 bridgehead atoms. The van der Waals surface area contributed by atoms with Crippen LogP contribution in [-0.2, 0) is 6.54 Å². The fourth-order valence-corrected chi connectivity index (χ4v) is 3.03. The van der Waals surface area contributed by atoms with Gasteiger partial charge in [-0.2, -0.15) is 0 Å². The van der Waals surface area contributed by atoms with E-state index < -0.39 is 0 Å². The molecule has 2 heterocycles. The number of nitrogens with one attached hydrogen (secondary N) is 1. The highest BCUT2D eigenvalue weighted by molar-refractivity contribution is 5.80. The van der Waals surface area contributed by atoms with Crippen LogP contribution >= 0.6 is 0 Å². The second-order valence-electron chi connectivity index (χ2n) is 6.02. The zero-order valence-electron chi connectivity index (χ0n) is 13.1. The molecule has 4 heteroatoms. The van der Waals surface area contributed by atoms with Gasteiger partial charge in [-0.15, -0.1) is 0 Å². The molecule has 1 aliphatic rings. The second-order valence-corrected chi connectivity index (χ2v) is 6.02. The van der Waals surface area contributed by atoms with E-state index in [1.54, 1.807) is 0 Å². The van der Waals surface area contributed by atoms with E-state index in [2.05, 4.69) is 47.0 Å². The number of pyridine rings is 1. The predicted molar refractivity (Wildman–Crippen MR) is 83.7 cm³/mol. The predicted octanol–water partition coefficient (Wildman–Crippen LogP) is 2.44. The molecule has 0 spiro atoms.